The number of halogens is 3. The van der Waals surface area contributed by atoms with Crippen LogP contribution in [0, 0.1) is 0 Å². The van der Waals surface area contributed by atoms with E-state index in [2.05, 4.69) is 43.3 Å². The number of esters is 1. The first-order valence-corrected chi connectivity index (χ1v) is 14.3. The van der Waals surface area contributed by atoms with Gasteiger partial charge in [-0.1, -0.05) is 30.3 Å². The Hall–Kier alpha value is -4.42. The number of anilines is 1. The van der Waals surface area contributed by atoms with Crippen LogP contribution in [0.25, 0.3) is 11.3 Å². The minimum atomic E-state index is -4.76. The van der Waals surface area contributed by atoms with Gasteiger partial charge >= 0.3 is 12.3 Å². The molecule has 1 unspecified atom stereocenters. The Morgan fingerprint density at radius 3 is 2.40 bits per heavy atom. The van der Waals surface area contributed by atoms with E-state index in [1.807, 2.05) is 17.5 Å². The third kappa shape index (κ3) is 7.51. The zero-order valence-corrected chi connectivity index (χ0v) is 23.8. The number of hydrogen-bond acceptors (Lipinski definition) is 8. The molecule has 5 rings (SSSR count). The highest BCUT2D eigenvalue weighted by atomic mass is 32.1. The van der Waals surface area contributed by atoms with Crippen LogP contribution in [0.15, 0.2) is 72.1 Å². The minimum absolute atomic E-state index is 0.281. The van der Waals surface area contributed by atoms with Crippen molar-refractivity contribution in [3.63, 3.8) is 0 Å². The van der Waals surface area contributed by atoms with E-state index in [0.29, 0.717) is 22.0 Å². The largest absolute Gasteiger partial charge is 0.573 e. The number of ether oxygens (including phenoxy) is 2. The summed E-state index contributed by atoms with van der Waals surface area (Å²) in [6.45, 7) is -0.281. The zero-order chi connectivity index (χ0) is 30.6. The van der Waals surface area contributed by atoms with Crippen LogP contribution in [0.2, 0.25) is 0 Å². The molecule has 0 spiro atoms. The summed E-state index contributed by atoms with van der Waals surface area (Å²) >= 11 is 1.36. The van der Waals surface area contributed by atoms with Gasteiger partial charge in [-0.15, -0.1) is 24.5 Å². The predicted octanol–water partition coefficient (Wildman–Crippen LogP) is 5.66. The number of methoxy groups -OCH3 is 1. The maximum atomic E-state index is 12.6. The first kappa shape index (κ1) is 30.1. The lowest BCUT2D eigenvalue weighted by Crippen LogP contribution is -2.37. The minimum Gasteiger partial charge on any atom is -0.467 e. The molecule has 2 atom stereocenters. The van der Waals surface area contributed by atoms with Crippen LogP contribution in [-0.2, 0) is 22.4 Å². The molecular weight excluding hydrogens is 583 g/mol. The van der Waals surface area contributed by atoms with Crippen molar-refractivity contribution < 1.29 is 37.3 Å². The molecule has 224 valence electrons. The Morgan fingerprint density at radius 1 is 1.00 bits per heavy atom. The number of thiazole rings is 1. The third-order valence-corrected chi connectivity index (χ3v) is 7.82. The summed E-state index contributed by atoms with van der Waals surface area (Å²) in [5.74, 6) is -1.59. The number of fused-ring (bicyclic) bond motifs is 1. The van der Waals surface area contributed by atoms with Crippen LogP contribution in [0.4, 0.5) is 18.3 Å². The number of carbonyl (C=O) groups is 2. The highest BCUT2D eigenvalue weighted by Gasteiger charge is 2.31. The fourth-order valence-corrected chi connectivity index (χ4v) is 5.64. The second kappa shape index (κ2) is 12.8. The normalized spacial score (nSPS) is 14.0. The Bertz CT molecular complexity index is 1590. The number of nitrogens with zero attached hydrogens (tertiary/aromatic N) is 1. The van der Waals surface area contributed by atoms with Gasteiger partial charge in [0.2, 0.25) is 0 Å². The standard InChI is InChI=1S/C31H28F3N3O5S/c1-41-29(40)26(38)16-35-28(39)21-8-6-20(7-9-21)27(23-10-5-18-3-2-4-22(18)15-23)37-30-36-25(17-43-30)19-11-13-24(14-12-19)42-31(32,33)34/h5-15,17,26-27,38H,2-4,16H2,1H3,(H,35,39)(H,36,37)/t26-,27?/m1/s1. The van der Waals surface area contributed by atoms with E-state index in [0.717, 1.165) is 37.5 Å². The van der Waals surface area contributed by atoms with E-state index in [4.69, 9.17) is 0 Å². The van der Waals surface area contributed by atoms with Crippen molar-refractivity contribution in [2.75, 3.05) is 19.0 Å². The summed E-state index contributed by atoms with van der Waals surface area (Å²) < 4.78 is 46.0. The van der Waals surface area contributed by atoms with E-state index in [1.165, 1.54) is 46.7 Å². The second-order valence-electron chi connectivity index (χ2n) is 9.94. The van der Waals surface area contributed by atoms with Crippen molar-refractivity contribution in [2.24, 2.45) is 0 Å². The van der Waals surface area contributed by atoms with E-state index in [-0.39, 0.29) is 18.3 Å². The van der Waals surface area contributed by atoms with E-state index in [1.54, 1.807) is 12.1 Å². The highest BCUT2D eigenvalue weighted by molar-refractivity contribution is 7.14. The van der Waals surface area contributed by atoms with Gasteiger partial charge in [0, 0.05) is 16.5 Å². The number of aliphatic hydroxyl groups excluding tert-OH is 1. The average Bonchev–Trinajstić information content (AvgIpc) is 3.67. The van der Waals surface area contributed by atoms with Crippen molar-refractivity contribution >= 4 is 28.3 Å². The van der Waals surface area contributed by atoms with Crippen LogP contribution in [0.3, 0.4) is 0 Å². The topological polar surface area (TPSA) is 110 Å². The van der Waals surface area contributed by atoms with Crippen LogP contribution in [0.1, 0.15) is 45.1 Å². The summed E-state index contributed by atoms with van der Waals surface area (Å²) in [7, 11) is 1.15. The molecule has 1 aromatic heterocycles. The molecule has 8 nitrogen and oxygen atoms in total. The van der Waals surface area contributed by atoms with Crippen molar-refractivity contribution in [2.45, 2.75) is 37.8 Å². The van der Waals surface area contributed by atoms with Gasteiger partial charge in [-0.3, -0.25) is 4.79 Å². The molecule has 1 heterocycles. The number of carbonyl (C=O) groups excluding carboxylic acids is 2. The fourth-order valence-electron chi connectivity index (χ4n) is 4.89. The highest BCUT2D eigenvalue weighted by Crippen LogP contribution is 2.34. The second-order valence-corrected chi connectivity index (χ2v) is 10.8. The molecule has 1 aliphatic rings. The Balaban J connectivity index is 1.36. The predicted molar refractivity (Wildman–Crippen MR) is 155 cm³/mol. The quantitative estimate of drug-likeness (QED) is 0.199. The lowest BCUT2D eigenvalue weighted by Gasteiger charge is -2.21. The number of nitrogens with one attached hydrogen (secondary N) is 2. The van der Waals surface area contributed by atoms with E-state index < -0.39 is 24.3 Å². The zero-order valence-electron chi connectivity index (χ0n) is 23.0. The molecule has 3 aromatic carbocycles. The molecule has 0 fully saturated rings. The molecular formula is C31H28F3N3O5S. The molecule has 1 amide bonds. The average molecular weight is 612 g/mol. The lowest BCUT2D eigenvalue weighted by atomic mass is 9.95. The fraction of sp³-hybridized carbons (Fsp3) is 0.258. The number of aromatic nitrogens is 1. The molecule has 0 radical (unpaired) electrons. The van der Waals surface area contributed by atoms with Crippen molar-refractivity contribution in [3.05, 3.63) is 99.9 Å². The van der Waals surface area contributed by atoms with Crippen LogP contribution >= 0.6 is 11.3 Å². The molecule has 0 saturated carbocycles. The molecule has 0 saturated heterocycles. The maximum Gasteiger partial charge on any atom is 0.573 e. The van der Waals surface area contributed by atoms with Gasteiger partial charge in [0.1, 0.15) is 5.75 Å². The molecule has 4 aromatic rings. The van der Waals surface area contributed by atoms with E-state index >= 15 is 0 Å². The number of aryl methyl sites for hydroxylation is 2. The molecule has 43 heavy (non-hydrogen) atoms. The van der Waals surface area contributed by atoms with Gasteiger partial charge in [-0.25, -0.2) is 9.78 Å². The van der Waals surface area contributed by atoms with Crippen LogP contribution in [0.5, 0.6) is 5.75 Å². The van der Waals surface area contributed by atoms with Gasteiger partial charge in [0.25, 0.3) is 5.91 Å². The van der Waals surface area contributed by atoms with Gasteiger partial charge in [0.05, 0.1) is 25.4 Å². The summed E-state index contributed by atoms with van der Waals surface area (Å²) in [6.07, 6.45) is -3.07. The molecule has 0 aliphatic heterocycles. The van der Waals surface area contributed by atoms with Crippen molar-refractivity contribution in [1.29, 1.82) is 0 Å². The third-order valence-electron chi connectivity index (χ3n) is 7.05. The van der Waals surface area contributed by atoms with Crippen molar-refractivity contribution in [1.82, 2.24) is 10.3 Å². The summed E-state index contributed by atoms with van der Waals surface area (Å²) in [4.78, 5) is 28.7. The Labute approximate surface area is 249 Å². The smallest absolute Gasteiger partial charge is 0.467 e. The molecule has 0 bridgehead atoms. The number of amides is 1. The van der Waals surface area contributed by atoms with E-state index in [9.17, 15) is 27.9 Å². The lowest BCUT2D eigenvalue weighted by molar-refractivity contribution is -0.274. The monoisotopic (exact) mass is 611 g/mol. The van der Waals surface area contributed by atoms with Gasteiger partial charge in [-0.2, -0.15) is 0 Å². The molecule has 12 heteroatoms. The Morgan fingerprint density at radius 2 is 1.70 bits per heavy atom. The molecule has 1 aliphatic carbocycles. The number of alkyl halides is 3. The summed E-state index contributed by atoms with van der Waals surface area (Å²) in [6, 6.07) is 18.6. The summed E-state index contributed by atoms with van der Waals surface area (Å²) in [5, 5.41) is 18.2. The van der Waals surface area contributed by atoms with Gasteiger partial charge in [0.15, 0.2) is 11.2 Å². The van der Waals surface area contributed by atoms with Gasteiger partial charge in [-0.05, 0) is 77.9 Å². The van der Waals surface area contributed by atoms with Crippen LogP contribution in [-0.4, -0.2) is 48.1 Å². The first-order chi connectivity index (χ1) is 20.6. The number of aliphatic hydroxyl groups is 1. The molecule has 3 N–H and O–H groups in total. The maximum absolute atomic E-state index is 12.6. The first-order valence-electron chi connectivity index (χ1n) is 13.4. The Kier molecular flexibility index (Phi) is 8.97. The SMILES string of the molecule is COC(=O)[C@H](O)CNC(=O)c1ccc(C(Nc2nc(-c3ccc(OC(F)(F)F)cc3)cs2)c2ccc3c(c2)CCC3)cc1. The van der Waals surface area contributed by atoms with Gasteiger partial charge < -0.3 is 25.2 Å². The summed E-state index contributed by atoms with van der Waals surface area (Å²) in [5.41, 5.74) is 6.10. The van der Waals surface area contributed by atoms with Crippen molar-refractivity contribution in [3.8, 4) is 17.0 Å². The number of hydrogen-bond donors (Lipinski definition) is 3. The number of benzene rings is 3. The number of rotatable bonds is 10. The van der Waals surface area contributed by atoms with Crippen LogP contribution < -0.4 is 15.4 Å².